The van der Waals surface area contributed by atoms with E-state index in [1.54, 1.807) is 18.8 Å². The van der Waals surface area contributed by atoms with Crippen LogP contribution in [0.1, 0.15) is 19.3 Å². The summed E-state index contributed by atoms with van der Waals surface area (Å²) in [7, 11) is 3.43. The molecule has 1 saturated heterocycles. The number of fused-ring (bicyclic) bond motifs is 3. The highest BCUT2D eigenvalue weighted by molar-refractivity contribution is 7.71. The summed E-state index contributed by atoms with van der Waals surface area (Å²) in [5.41, 5.74) is 0.752. The highest BCUT2D eigenvalue weighted by atomic mass is 32.1. The SMILES string of the molecule is COCCCn1c(=O)c2ccccc2n2c(=S)n(CN3CCC(OC)CC3)nc12. The summed E-state index contributed by atoms with van der Waals surface area (Å²) in [6.45, 7) is 3.61. The highest BCUT2D eigenvalue weighted by Gasteiger charge is 2.21. The van der Waals surface area contributed by atoms with Crippen molar-refractivity contribution in [2.45, 2.75) is 38.6 Å². The first-order chi connectivity index (χ1) is 14.1. The number of aryl methyl sites for hydroxylation is 1. The second kappa shape index (κ2) is 8.74. The maximum Gasteiger partial charge on any atom is 0.262 e. The van der Waals surface area contributed by atoms with Crippen LogP contribution in [0.3, 0.4) is 0 Å². The van der Waals surface area contributed by atoms with Gasteiger partial charge in [0.2, 0.25) is 10.5 Å². The van der Waals surface area contributed by atoms with E-state index in [2.05, 4.69) is 4.90 Å². The third-order valence-electron chi connectivity index (χ3n) is 5.62. The summed E-state index contributed by atoms with van der Waals surface area (Å²) in [5.74, 6) is 0.585. The lowest BCUT2D eigenvalue weighted by Crippen LogP contribution is -2.38. The fraction of sp³-hybridized carbons (Fsp3) is 0.550. The number of aromatic nitrogens is 4. The Kier molecular flexibility index (Phi) is 6.09. The van der Waals surface area contributed by atoms with Crippen molar-refractivity contribution < 1.29 is 9.47 Å². The molecule has 9 heteroatoms. The van der Waals surface area contributed by atoms with Gasteiger partial charge in [0.15, 0.2) is 0 Å². The summed E-state index contributed by atoms with van der Waals surface area (Å²) in [5, 5.41) is 5.41. The Morgan fingerprint density at radius 1 is 1.21 bits per heavy atom. The largest absolute Gasteiger partial charge is 0.385 e. The van der Waals surface area contributed by atoms with Gasteiger partial charge in [-0.25, -0.2) is 4.68 Å². The van der Waals surface area contributed by atoms with Crippen LogP contribution in [0.4, 0.5) is 0 Å². The first kappa shape index (κ1) is 20.2. The highest BCUT2D eigenvalue weighted by Crippen LogP contribution is 2.17. The van der Waals surface area contributed by atoms with Crippen LogP contribution < -0.4 is 5.56 Å². The van der Waals surface area contributed by atoms with Crippen LogP contribution in [0, 0.1) is 4.77 Å². The van der Waals surface area contributed by atoms with Gasteiger partial charge < -0.3 is 9.47 Å². The number of ether oxygens (including phenoxy) is 2. The van der Waals surface area contributed by atoms with Crippen LogP contribution in [0.15, 0.2) is 29.1 Å². The summed E-state index contributed by atoms with van der Waals surface area (Å²) < 4.78 is 16.7. The van der Waals surface area contributed by atoms with E-state index < -0.39 is 0 Å². The number of likely N-dealkylation sites (tertiary alicyclic amines) is 1. The maximum absolute atomic E-state index is 13.1. The average Bonchev–Trinajstić information content (AvgIpc) is 3.07. The number of benzene rings is 1. The van der Waals surface area contributed by atoms with Gasteiger partial charge in [-0.15, -0.1) is 5.10 Å². The maximum atomic E-state index is 13.1. The standard InChI is InChI=1S/C20H27N5O3S/c1-27-13-5-10-23-18(26)16-6-3-4-7-17(16)25-19(23)21-24(20(25)29)14-22-11-8-15(28-2)9-12-22/h3-4,6-7,15H,5,8-14H2,1-2H3. The van der Waals surface area contributed by atoms with Crippen LogP contribution >= 0.6 is 12.2 Å². The second-order valence-corrected chi connectivity index (χ2v) is 7.80. The Morgan fingerprint density at radius 2 is 1.97 bits per heavy atom. The minimum absolute atomic E-state index is 0.0442. The van der Waals surface area contributed by atoms with E-state index in [0.717, 1.165) is 37.9 Å². The molecule has 0 amide bonds. The molecule has 29 heavy (non-hydrogen) atoms. The molecule has 0 radical (unpaired) electrons. The van der Waals surface area contributed by atoms with Crippen molar-refractivity contribution in [2.75, 3.05) is 33.9 Å². The molecule has 0 bridgehead atoms. The molecule has 0 atom stereocenters. The molecule has 0 aliphatic carbocycles. The molecule has 1 aliphatic rings. The van der Waals surface area contributed by atoms with E-state index >= 15 is 0 Å². The Hall–Kier alpha value is -2.07. The van der Waals surface area contributed by atoms with E-state index in [-0.39, 0.29) is 5.56 Å². The lowest BCUT2D eigenvalue weighted by atomic mass is 10.1. The quantitative estimate of drug-likeness (QED) is 0.434. The Balaban J connectivity index is 1.77. The number of rotatable bonds is 7. The molecule has 1 fully saturated rings. The van der Waals surface area contributed by atoms with Crippen molar-refractivity contribution in [2.24, 2.45) is 0 Å². The van der Waals surface area contributed by atoms with Gasteiger partial charge in [0.1, 0.15) is 0 Å². The van der Waals surface area contributed by atoms with E-state index in [1.807, 2.05) is 33.3 Å². The fourth-order valence-corrected chi connectivity index (χ4v) is 4.28. The number of nitrogens with zero attached hydrogens (tertiary/aromatic N) is 5. The molecule has 1 aliphatic heterocycles. The van der Waals surface area contributed by atoms with Crippen molar-refractivity contribution >= 4 is 28.9 Å². The van der Waals surface area contributed by atoms with Crippen molar-refractivity contribution in [1.82, 2.24) is 23.6 Å². The molecule has 8 nitrogen and oxygen atoms in total. The molecule has 2 aromatic heterocycles. The minimum atomic E-state index is -0.0442. The van der Waals surface area contributed by atoms with E-state index in [0.29, 0.717) is 41.9 Å². The van der Waals surface area contributed by atoms with Crippen LogP contribution in [-0.2, 0) is 22.7 Å². The molecule has 0 spiro atoms. The molecule has 0 N–H and O–H groups in total. The van der Waals surface area contributed by atoms with Crippen molar-refractivity contribution in [3.8, 4) is 0 Å². The first-order valence-corrected chi connectivity index (χ1v) is 10.4. The van der Waals surface area contributed by atoms with Gasteiger partial charge in [-0.2, -0.15) is 0 Å². The second-order valence-electron chi connectivity index (χ2n) is 7.43. The molecule has 4 rings (SSSR count). The van der Waals surface area contributed by atoms with E-state index in [1.165, 1.54) is 0 Å². The molecule has 3 aromatic rings. The van der Waals surface area contributed by atoms with Crippen LogP contribution in [0.5, 0.6) is 0 Å². The Labute approximate surface area is 174 Å². The number of para-hydroxylation sites is 1. The third-order valence-corrected chi connectivity index (χ3v) is 6.01. The molecule has 3 heterocycles. The van der Waals surface area contributed by atoms with Crippen molar-refractivity contribution in [1.29, 1.82) is 0 Å². The lowest BCUT2D eigenvalue weighted by molar-refractivity contribution is 0.0302. The zero-order valence-corrected chi connectivity index (χ0v) is 17.7. The molecule has 0 saturated carbocycles. The smallest absolute Gasteiger partial charge is 0.262 e. The molecule has 1 aromatic carbocycles. The zero-order chi connectivity index (χ0) is 20.4. The number of methoxy groups -OCH3 is 2. The van der Waals surface area contributed by atoms with Crippen LogP contribution in [0.25, 0.3) is 16.7 Å². The topological polar surface area (TPSA) is 65.9 Å². The van der Waals surface area contributed by atoms with Crippen molar-refractivity contribution in [3.63, 3.8) is 0 Å². The van der Waals surface area contributed by atoms with Gasteiger partial charge in [0.25, 0.3) is 5.56 Å². The van der Waals surface area contributed by atoms with Gasteiger partial charge in [0.05, 0.1) is 23.7 Å². The number of piperidine rings is 1. The van der Waals surface area contributed by atoms with Gasteiger partial charge in [0, 0.05) is 40.5 Å². The van der Waals surface area contributed by atoms with Gasteiger partial charge in [-0.05, 0) is 43.6 Å². The Bertz CT molecular complexity index is 1110. The summed E-state index contributed by atoms with van der Waals surface area (Å²) >= 11 is 5.78. The predicted octanol–water partition coefficient (Wildman–Crippen LogP) is 2.28. The fourth-order valence-electron chi connectivity index (χ4n) is 4.00. The van der Waals surface area contributed by atoms with Gasteiger partial charge in [-0.1, -0.05) is 12.1 Å². The Morgan fingerprint density at radius 3 is 2.69 bits per heavy atom. The van der Waals surface area contributed by atoms with Gasteiger partial charge in [-0.3, -0.25) is 18.7 Å². The number of hydrogen-bond acceptors (Lipinski definition) is 6. The zero-order valence-electron chi connectivity index (χ0n) is 16.9. The average molecular weight is 418 g/mol. The molecular formula is C20H27N5O3S. The van der Waals surface area contributed by atoms with Crippen molar-refractivity contribution in [3.05, 3.63) is 39.4 Å². The van der Waals surface area contributed by atoms with Crippen LogP contribution in [-0.4, -0.2) is 63.7 Å². The monoisotopic (exact) mass is 417 g/mol. The van der Waals surface area contributed by atoms with E-state index in [4.69, 9.17) is 26.8 Å². The minimum Gasteiger partial charge on any atom is -0.385 e. The summed E-state index contributed by atoms with van der Waals surface area (Å²) in [6.07, 6.45) is 3.06. The first-order valence-electron chi connectivity index (χ1n) is 9.99. The van der Waals surface area contributed by atoms with Gasteiger partial charge >= 0.3 is 0 Å². The molecule has 0 unspecified atom stereocenters. The van der Waals surface area contributed by atoms with E-state index in [9.17, 15) is 4.79 Å². The molecule has 156 valence electrons. The lowest BCUT2D eigenvalue weighted by Gasteiger charge is -2.30. The summed E-state index contributed by atoms with van der Waals surface area (Å²) in [6, 6.07) is 7.57. The molecular weight excluding hydrogens is 390 g/mol. The van der Waals surface area contributed by atoms with Crippen LogP contribution in [0.2, 0.25) is 0 Å². The summed E-state index contributed by atoms with van der Waals surface area (Å²) in [4.78, 5) is 15.4. The number of hydrogen-bond donors (Lipinski definition) is 0. The predicted molar refractivity (Wildman–Crippen MR) is 114 cm³/mol. The third kappa shape index (κ3) is 3.87. The normalized spacial score (nSPS) is 16.2.